The molecule has 2 heterocycles. The van der Waals surface area contributed by atoms with Crippen molar-refractivity contribution in [2.24, 2.45) is 5.41 Å². The molecule has 1 aliphatic carbocycles. The summed E-state index contributed by atoms with van der Waals surface area (Å²) in [6.45, 7) is 1.34. The Labute approximate surface area is 108 Å². The SMILES string of the molecule is FC(F)(F)c1ccc(Cl)nc1N1CC2(CCC2)C1. The van der Waals surface area contributed by atoms with Gasteiger partial charge in [-0.2, -0.15) is 13.2 Å². The van der Waals surface area contributed by atoms with E-state index in [-0.39, 0.29) is 16.4 Å². The van der Waals surface area contributed by atoms with Gasteiger partial charge in [0.1, 0.15) is 11.0 Å². The molecule has 18 heavy (non-hydrogen) atoms. The Bertz CT molecular complexity index is 475. The van der Waals surface area contributed by atoms with Crippen LogP contribution >= 0.6 is 11.6 Å². The molecule has 1 aromatic rings. The number of hydrogen-bond acceptors (Lipinski definition) is 2. The van der Waals surface area contributed by atoms with Crippen LogP contribution in [0.3, 0.4) is 0 Å². The van der Waals surface area contributed by atoms with Crippen LogP contribution in [0, 0.1) is 5.41 Å². The first-order valence-corrected chi connectivity index (χ1v) is 6.26. The molecule has 0 bridgehead atoms. The molecule has 2 aliphatic rings. The van der Waals surface area contributed by atoms with Crippen molar-refractivity contribution in [3.05, 3.63) is 22.8 Å². The van der Waals surface area contributed by atoms with E-state index in [2.05, 4.69) is 4.98 Å². The van der Waals surface area contributed by atoms with Crippen LogP contribution in [-0.4, -0.2) is 18.1 Å². The standard InChI is InChI=1S/C12H12ClF3N2/c13-9-3-2-8(12(14,15)16)10(17-9)18-6-11(7-18)4-1-5-11/h2-3H,1,4-7H2. The van der Waals surface area contributed by atoms with E-state index in [0.29, 0.717) is 13.1 Å². The van der Waals surface area contributed by atoms with E-state index in [1.165, 1.54) is 12.5 Å². The summed E-state index contributed by atoms with van der Waals surface area (Å²) in [6, 6.07) is 2.20. The minimum atomic E-state index is -4.38. The molecule has 2 fully saturated rings. The summed E-state index contributed by atoms with van der Waals surface area (Å²) in [4.78, 5) is 5.55. The Balaban J connectivity index is 1.89. The Kier molecular flexibility index (Phi) is 2.52. The molecule has 1 spiro atoms. The second-order valence-electron chi connectivity index (χ2n) is 5.21. The first-order valence-electron chi connectivity index (χ1n) is 5.88. The number of aromatic nitrogens is 1. The number of anilines is 1. The molecule has 6 heteroatoms. The van der Waals surface area contributed by atoms with Gasteiger partial charge in [-0.15, -0.1) is 0 Å². The van der Waals surface area contributed by atoms with Gasteiger partial charge in [0.25, 0.3) is 0 Å². The fourth-order valence-corrected chi connectivity index (χ4v) is 2.94. The van der Waals surface area contributed by atoms with Crippen LogP contribution in [0.5, 0.6) is 0 Å². The van der Waals surface area contributed by atoms with Gasteiger partial charge in [-0.1, -0.05) is 18.0 Å². The third-order valence-corrected chi connectivity index (χ3v) is 4.12. The van der Waals surface area contributed by atoms with Crippen LogP contribution in [0.15, 0.2) is 12.1 Å². The highest BCUT2D eigenvalue weighted by molar-refractivity contribution is 6.29. The molecule has 0 radical (unpaired) electrons. The molecule has 0 unspecified atom stereocenters. The van der Waals surface area contributed by atoms with Crippen molar-refractivity contribution < 1.29 is 13.2 Å². The first-order chi connectivity index (χ1) is 8.40. The van der Waals surface area contributed by atoms with Gasteiger partial charge in [-0.25, -0.2) is 4.98 Å². The van der Waals surface area contributed by atoms with Gasteiger partial charge >= 0.3 is 6.18 Å². The van der Waals surface area contributed by atoms with E-state index in [4.69, 9.17) is 11.6 Å². The van der Waals surface area contributed by atoms with Crippen LogP contribution in [-0.2, 0) is 6.18 Å². The van der Waals surface area contributed by atoms with Crippen molar-refractivity contribution in [1.29, 1.82) is 0 Å². The predicted molar refractivity (Wildman–Crippen MR) is 62.7 cm³/mol. The molecule has 0 amide bonds. The highest BCUT2D eigenvalue weighted by Gasteiger charge is 2.49. The highest BCUT2D eigenvalue weighted by Crippen LogP contribution is 2.50. The van der Waals surface area contributed by atoms with E-state index < -0.39 is 11.7 Å². The van der Waals surface area contributed by atoms with Gasteiger partial charge in [0, 0.05) is 18.5 Å². The zero-order chi connectivity index (χ0) is 13.0. The van der Waals surface area contributed by atoms with Crippen LogP contribution < -0.4 is 4.90 Å². The van der Waals surface area contributed by atoms with Crippen LogP contribution in [0.4, 0.5) is 19.0 Å². The summed E-state index contributed by atoms with van der Waals surface area (Å²) in [6.07, 6.45) is -0.963. The molecule has 1 saturated carbocycles. The number of hydrogen-bond donors (Lipinski definition) is 0. The average Bonchev–Trinajstić information content (AvgIpc) is 2.10. The third-order valence-electron chi connectivity index (χ3n) is 3.91. The average molecular weight is 277 g/mol. The normalized spacial score (nSPS) is 21.7. The lowest BCUT2D eigenvalue weighted by Crippen LogP contribution is -2.60. The lowest BCUT2D eigenvalue weighted by molar-refractivity contribution is -0.137. The number of pyridine rings is 1. The minimum Gasteiger partial charge on any atom is -0.355 e. The van der Waals surface area contributed by atoms with E-state index in [9.17, 15) is 13.2 Å². The van der Waals surface area contributed by atoms with Crippen molar-refractivity contribution in [2.45, 2.75) is 25.4 Å². The maximum Gasteiger partial charge on any atom is 0.419 e. The summed E-state index contributed by atoms with van der Waals surface area (Å²) in [7, 11) is 0. The van der Waals surface area contributed by atoms with Gasteiger partial charge < -0.3 is 4.90 Å². The molecule has 0 atom stereocenters. The molecule has 1 saturated heterocycles. The van der Waals surface area contributed by atoms with Crippen LogP contribution in [0.25, 0.3) is 0 Å². The second-order valence-corrected chi connectivity index (χ2v) is 5.60. The van der Waals surface area contributed by atoms with Crippen molar-refractivity contribution in [2.75, 3.05) is 18.0 Å². The predicted octanol–water partition coefficient (Wildman–Crippen LogP) is 3.74. The second kappa shape index (κ2) is 3.76. The van der Waals surface area contributed by atoms with Gasteiger partial charge in [-0.3, -0.25) is 0 Å². The van der Waals surface area contributed by atoms with Crippen LogP contribution in [0.1, 0.15) is 24.8 Å². The van der Waals surface area contributed by atoms with E-state index in [1.807, 2.05) is 0 Å². The largest absolute Gasteiger partial charge is 0.419 e. The Morgan fingerprint density at radius 1 is 1.22 bits per heavy atom. The lowest BCUT2D eigenvalue weighted by atomic mass is 9.63. The maximum atomic E-state index is 12.9. The molecular formula is C12H12ClF3N2. The smallest absolute Gasteiger partial charge is 0.355 e. The molecule has 1 aliphatic heterocycles. The third kappa shape index (κ3) is 1.85. The molecule has 0 aromatic carbocycles. The summed E-state index contributed by atoms with van der Waals surface area (Å²) >= 11 is 5.71. The van der Waals surface area contributed by atoms with Crippen LogP contribution in [0.2, 0.25) is 5.15 Å². The summed E-state index contributed by atoms with van der Waals surface area (Å²) in [5, 5.41) is 0.104. The van der Waals surface area contributed by atoms with E-state index in [0.717, 1.165) is 18.9 Å². The van der Waals surface area contributed by atoms with E-state index in [1.54, 1.807) is 4.90 Å². The minimum absolute atomic E-state index is 0.0208. The Morgan fingerprint density at radius 2 is 1.89 bits per heavy atom. The Hall–Kier alpha value is -0.970. The number of rotatable bonds is 1. The fraction of sp³-hybridized carbons (Fsp3) is 0.583. The maximum absolute atomic E-state index is 12.9. The first kappa shape index (κ1) is 12.1. The molecule has 1 aromatic heterocycles. The van der Waals surface area contributed by atoms with Gasteiger partial charge in [0.2, 0.25) is 0 Å². The molecule has 2 nitrogen and oxygen atoms in total. The summed E-state index contributed by atoms with van der Waals surface area (Å²) < 4.78 is 38.6. The molecule has 0 N–H and O–H groups in total. The van der Waals surface area contributed by atoms with Gasteiger partial charge in [-0.05, 0) is 25.0 Å². The summed E-state index contributed by atoms with van der Waals surface area (Å²) in [5.41, 5.74) is -0.437. The molecule has 98 valence electrons. The number of nitrogens with zero attached hydrogens (tertiary/aromatic N) is 2. The fourth-order valence-electron chi connectivity index (χ4n) is 2.79. The summed E-state index contributed by atoms with van der Waals surface area (Å²) in [5.74, 6) is -0.0208. The molecular weight excluding hydrogens is 265 g/mol. The van der Waals surface area contributed by atoms with Gasteiger partial charge in [0.05, 0.1) is 5.56 Å². The quantitative estimate of drug-likeness (QED) is 0.726. The lowest BCUT2D eigenvalue weighted by Gasteiger charge is -2.56. The van der Waals surface area contributed by atoms with Crippen molar-refractivity contribution in [3.8, 4) is 0 Å². The van der Waals surface area contributed by atoms with E-state index >= 15 is 0 Å². The topological polar surface area (TPSA) is 16.1 Å². The zero-order valence-corrected chi connectivity index (χ0v) is 10.4. The number of alkyl halides is 3. The zero-order valence-electron chi connectivity index (χ0n) is 9.60. The monoisotopic (exact) mass is 276 g/mol. The highest BCUT2D eigenvalue weighted by atomic mass is 35.5. The number of halogens is 4. The van der Waals surface area contributed by atoms with Crippen molar-refractivity contribution in [3.63, 3.8) is 0 Å². The van der Waals surface area contributed by atoms with Crippen molar-refractivity contribution in [1.82, 2.24) is 4.98 Å². The Morgan fingerprint density at radius 3 is 2.39 bits per heavy atom. The van der Waals surface area contributed by atoms with Gasteiger partial charge in [0.15, 0.2) is 0 Å². The van der Waals surface area contributed by atoms with Crippen molar-refractivity contribution >= 4 is 17.4 Å². The molecule has 3 rings (SSSR count).